The van der Waals surface area contributed by atoms with Crippen molar-refractivity contribution < 1.29 is 29.6 Å². The van der Waals surface area contributed by atoms with Gasteiger partial charge in [0.15, 0.2) is 6.29 Å². The molecular formula is C12H14O6. The molecule has 4 atom stereocenters. The molecular weight excluding hydrogens is 240 g/mol. The molecule has 1 aliphatic rings. The van der Waals surface area contributed by atoms with Crippen molar-refractivity contribution in [3.8, 4) is 5.75 Å². The Morgan fingerprint density at radius 1 is 1.28 bits per heavy atom. The number of aliphatic hydroxyl groups is 3. The van der Waals surface area contributed by atoms with Crippen molar-refractivity contribution in [1.82, 2.24) is 0 Å². The summed E-state index contributed by atoms with van der Waals surface area (Å²) >= 11 is 0. The van der Waals surface area contributed by atoms with Crippen molar-refractivity contribution in [2.24, 2.45) is 0 Å². The van der Waals surface area contributed by atoms with Gasteiger partial charge in [0.05, 0.1) is 12.2 Å². The molecule has 0 aliphatic carbocycles. The van der Waals surface area contributed by atoms with Gasteiger partial charge in [-0.2, -0.15) is 0 Å². The summed E-state index contributed by atoms with van der Waals surface area (Å²) in [6, 6.07) is 6.46. The smallest absolute Gasteiger partial charge is 0.229 e. The molecule has 3 N–H and O–H groups in total. The summed E-state index contributed by atoms with van der Waals surface area (Å²) < 4.78 is 10.5. The van der Waals surface area contributed by atoms with Gasteiger partial charge in [-0.1, -0.05) is 12.1 Å². The van der Waals surface area contributed by atoms with Gasteiger partial charge in [-0.05, 0) is 12.1 Å². The van der Waals surface area contributed by atoms with Crippen LogP contribution in [0.1, 0.15) is 10.4 Å². The molecule has 1 saturated heterocycles. The Hall–Kier alpha value is -1.47. The summed E-state index contributed by atoms with van der Waals surface area (Å²) in [7, 11) is 0. The topological polar surface area (TPSA) is 96.2 Å². The van der Waals surface area contributed by atoms with Crippen molar-refractivity contribution >= 4 is 6.29 Å². The minimum atomic E-state index is -1.28. The molecule has 0 spiro atoms. The third-order valence-corrected chi connectivity index (χ3v) is 2.79. The Labute approximate surface area is 103 Å². The van der Waals surface area contributed by atoms with Crippen molar-refractivity contribution in [2.45, 2.75) is 24.6 Å². The lowest BCUT2D eigenvalue weighted by Gasteiger charge is -2.17. The van der Waals surface area contributed by atoms with E-state index in [9.17, 15) is 15.0 Å². The summed E-state index contributed by atoms with van der Waals surface area (Å²) in [6.07, 6.45) is -3.88. The SMILES string of the molecule is O=Cc1ccccc1OC1O[C@H](CO)[C@@H](O)[C@H]1O. The second-order valence-corrected chi connectivity index (χ2v) is 3.98. The summed E-state index contributed by atoms with van der Waals surface area (Å²) in [4.78, 5) is 10.8. The Balaban J connectivity index is 2.12. The van der Waals surface area contributed by atoms with Gasteiger partial charge in [0, 0.05) is 0 Å². The molecule has 0 amide bonds. The first-order valence-electron chi connectivity index (χ1n) is 5.50. The molecule has 0 aromatic heterocycles. The molecule has 6 nitrogen and oxygen atoms in total. The Morgan fingerprint density at radius 3 is 2.61 bits per heavy atom. The lowest BCUT2D eigenvalue weighted by Crippen LogP contribution is -2.35. The van der Waals surface area contributed by atoms with Crippen molar-refractivity contribution in [3.05, 3.63) is 29.8 Å². The molecule has 1 aliphatic heterocycles. The summed E-state index contributed by atoms with van der Waals surface area (Å²) in [6.45, 7) is -0.423. The van der Waals surface area contributed by atoms with Crippen LogP contribution in [0.4, 0.5) is 0 Å². The van der Waals surface area contributed by atoms with E-state index < -0.39 is 31.2 Å². The first-order chi connectivity index (χ1) is 8.67. The molecule has 6 heteroatoms. The fourth-order valence-electron chi connectivity index (χ4n) is 1.77. The van der Waals surface area contributed by atoms with Crippen LogP contribution in [0.25, 0.3) is 0 Å². The van der Waals surface area contributed by atoms with Crippen LogP contribution in [0.3, 0.4) is 0 Å². The predicted octanol–water partition coefficient (Wildman–Crippen LogP) is -0.683. The Morgan fingerprint density at radius 2 is 2.00 bits per heavy atom. The highest BCUT2D eigenvalue weighted by atomic mass is 16.7. The van der Waals surface area contributed by atoms with Gasteiger partial charge < -0.3 is 24.8 Å². The highest BCUT2D eigenvalue weighted by molar-refractivity contribution is 5.79. The number of carbonyl (C=O) groups is 1. The highest BCUT2D eigenvalue weighted by Gasteiger charge is 2.44. The molecule has 98 valence electrons. The average molecular weight is 254 g/mol. The van der Waals surface area contributed by atoms with Crippen LogP contribution in [0.15, 0.2) is 24.3 Å². The van der Waals surface area contributed by atoms with Gasteiger partial charge in [0.25, 0.3) is 0 Å². The molecule has 18 heavy (non-hydrogen) atoms. The molecule has 0 radical (unpaired) electrons. The number of hydrogen-bond donors (Lipinski definition) is 3. The maximum absolute atomic E-state index is 10.8. The zero-order valence-electron chi connectivity index (χ0n) is 9.47. The summed E-state index contributed by atoms with van der Waals surface area (Å²) in [5, 5.41) is 28.2. The van der Waals surface area contributed by atoms with Crippen LogP contribution in [0.5, 0.6) is 5.75 Å². The largest absolute Gasteiger partial charge is 0.461 e. The number of carbonyl (C=O) groups excluding carboxylic acids is 1. The molecule has 2 rings (SSSR count). The average Bonchev–Trinajstić information content (AvgIpc) is 2.67. The number of benzene rings is 1. The van der Waals surface area contributed by atoms with Crippen LogP contribution in [-0.4, -0.2) is 52.8 Å². The van der Waals surface area contributed by atoms with Gasteiger partial charge in [-0.15, -0.1) is 0 Å². The van der Waals surface area contributed by atoms with E-state index in [0.717, 1.165) is 0 Å². The predicted molar refractivity (Wildman–Crippen MR) is 60.2 cm³/mol. The third-order valence-electron chi connectivity index (χ3n) is 2.79. The zero-order chi connectivity index (χ0) is 13.1. The number of para-hydroxylation sites is 1. The quantitative estimate of drug-likeness (QED) is 0.616. The van der Waals surface area contributed by atoms with E-state index in [1.54, 1.807) is 24.3 Å². The van der Waals surface area contributed by atoms with E-state index in [1.807, 2.05) is 0 Å². The van der Waals surface area contributed by atoms with Crippen molar-refractivity contribution in [2.75, 3.05) is 6.61 Å². The Kier molecular flexibility index (Phi) is 3.93. The van der Waals surface area contributed by atoms with Gasteiger partial charge in [-0.3, -0.25) is 4.79 Å². The number of rotatable bonds is 4. The third kappa shape index (κ3) is 2.37. The molecule has 1 aromatic rings. The van der Waals surface area contributed by atoms with Crippen LogP contribution in [0, 0.1) is 0 Å². The second kappa shape index (κ2) is 5.45. The van der Waals surface area contributed by atoms with Gasteiger partial charge in [0.1, 0.15) is 24.1 Å². The van der Waals surface area contributed by atoms with Crippen LogP contribution in [0.2, 0.25) is 0 Å². The fourth-order valence-corrected chi connectivity index (χ4v) is 1.77. The van der Waals surface area contributed by atoms with E-state index in [0.29, 0.717) is 11.8 Å². The molecule has 1 unspecified atom stereocenters. The highest BCUT2D eigenvalue weighted by Crippen LogP contribution is 2.25. The van der Waals surface area contributed by atoms with E-state index >= 15 is 0 Å². The van der Waals surface area contributed by atoms with E-state index in [-0.39, 0.29) is 5.75 Å². The molecule has 1 heterocycles. The standard InChI is InChI=1S/C12H14O6/c13-5-7-3-1-2-4-8(7)17-12-11(16)10(15)9(6-14)18-12/h1-5,9-12,14-16H,6H2/t9-,10-,11-,12?/m1/s1. The first-order valence-corrected chi connectivity index (χ1v) is 5.50. The lowest BCUT2D eigenvalue weighted by atomic mass is 10.1. The number of aldehydes is 1. The molecule has 0 bridgehead atoms. The number of hydrogen-bond acceptors (Lipinski definition) is 6. The maximum atomic E-state index is 10.8. The van der Waals surface area contributed by atoms with E-state index in [2.05, 4.69) is 0 Å². The minimum Gasteiger partial charge on any atom is -0.461 e. The van der Waals surface area contributed by atoms with Gasteiger partial charge in [-0.25, -0.2) is 0 Å². The molecule has 0 saturated carbocycles. The Bertz CT molecular complexity index is 421. The van der Waals surface area contributed by atoms with E-state index in [1.165, 1.54) is 0 Å². The lowest BCUT2D eigenvalue weighted by molar-refractivity contribution is -0.116. The fraction of sp³-hybridized carbons (Fsp3) is 0.417. The molecule has 1 fully saturated rings. The van der Waals surface area contributed by atoms with Crippen LogP contribution >= 0.6 is 0 Å². The normalized spacial score (nSPS) is 31.3. The van der Waals surface area contributed by atoms with Crippen LogP contribution in [-0.2, 0) is 4.74 Å². The van der Waals surface area contributed by atoms with Crippen molar-refractivity contribution in [1.29, 1.82) is 0 Å². The summed E-state index contributed by atoms with van der Waals surface area (Å²) in [5.74, 6) is 0.252. The first kappa shape index (κ1) is 13.0. The maximum Gasteiger partial charge on any atom is 0.229 e. The second-order valence-electron chi connectivity index (χ2n) is 3.98. The summed E-state index contributed by atoms with van der Waals surface area (Å²) in [5.41, 5.74) is 0.315. The molecule has 1 aromatic carbocycles. The zero-order valence-corrected chi connectivity index (χ0v) is 9.47. The van der Waals surface area contributed by atoms with Crippen molar-refractivity contribution in [3.63, 3.8) is 0 Å². The van der Waals surface area contributed by atoms with Crippen LogP contribution < -0.4 is 4.74 Å². The van der Waals surface area contributed by atoms with Gasteiger partial charge in [0.2, 0.25) is 6.29 Å². The van der Waals surface area contributed by atoms with E-state index in [4.69, 9.17) is 14.6 Å². The number of ether oxygens (including phenoxy) is 2. The monoisotopic (exact) mass is 254 g/mol. The van der Waals surface area contributed by atoms with Gasteiger partial charge >= 0.3 is 0 Å². The number of aliphatic hydroxyl groups excluding tert-OH is 3. The minimum absolute atomic E-state index is 0.252.